The molecular weight excluding hydrogens is 357 g/mol. The molecule has 8 heteroatoms. The molecule has 0 saturated carbocycles. The van der Waals surface area contributed by atoms with E-state index in [4.69, 9.17) is 11.6 Å². The van der Waals surface area contributed by atoms with Crippen molar-refractivity contribution in [3.05, 3.63) is 59.0 Å². The molecular formula is C18H17ClFN5O. The van der Waals surface area contributed by atoms with Crippen molar-refractivity contribution in [1.82, 2.24) is 19.5 Å². The Morgan fingerprint density at radius 1 is 1.08 bits per heavy atom. The Labute approximate surface area is 154 Å². The molecule has 0 N–H and O–H groups in total. The van der Waals surface area contributed by atoms with Gasteiger partial charge in [-0.1, -0.05) is 29.8 Å². The number of amides is 1. The predicted octanol–water partition coefficient (Wildman–Crippen LogP) is 2.41. The second kappa shape index (κ2) is 6.92. The van der Waals surface area contributed by atoms with Crippen molar-refractivity contribution in [2.45, 2.75) is 6.42 Å². The van der Waals surface area contributed by atoms with Gasteiger partial charge in [-0.25, -0.2) is 4.39 Å². The van der Waals surface area contributed by atoms with Gasteiger partial charge in [-0.3, -0.25) is 9.20 Å². The number of anilines is 1. The first kappa shape index (κ1) is 16.8. The van der Waals surface area contributed by atoms with Gasteiger partial charge in [-0.2, -0.15) is 0 Å². The van der Waals surface area contributed by atoms with Crippen molar-refractivity contribution in [2.75, 3.05) is 31.1 Å². The van der Waals surface area contributed by atoms with E-state index in [1.807, 2.05) is 10.5 Å². The summed E-state index contributed by atoms with van der Waals surface area (Å²) in [7, 11) is 0. The Hall–Kier alpha value is -2.67. The molecule has 1 aliphatic heterocycles. The normalized spacial score (nSPS) is 14.8. The zero-order valence-corrected chi connectivity index (χ0v) is 14.7. The van der Waals surface area contributed by atoms with Crippen LogP contribution in [0.15, 0.2) is 42.6 Å². The minimum Gasteiger partial charge on any atom is -0.339 e. The topological polar surface area (TPSA) is 53.7 Å². The molecule has 4 rings (SSSR count). The lowest BCUT2D eigenvalue weighted by atomic mass is 10.1. The lowest BCUT2D eigenvalue weighted by molar-refractivity contribution is -0.130. The summed E-state index contributed by atoms with van der Waals surface area (Å²) in [5, 5.41) is 8.99. The van der Waals surface area contributed by atoms with E-state index in [9.17, 15) is 9.18 Å². The summed E-state index contributed by atoms with van der Waals surface area (Å²) in [6.45, 7) is 2.39. The Balaban J connectivity index is 1.43. The number of rotatable bonds is 3. The third kappa shape index (κ3) is 3.22. The number of nitrogens with zero attached hydrogens (tertiary/aromatic N) is 5. The molecule has 0 spiro atoms. The van der Waals surface area contributed by atoms with Crippen LogP contribution in [0.5, 0.6) is 0 Å². The summed E-state index contributed by atoms with van der Waals surface area (Å²) in [6, 6.07) is 9.97. The quantitative estimate of drug-likeness (QED) is 0.707. The maximum Gasteiger partial charge on any atom is 0.231 e. The summed E-state index contributed by atoms with van der Waals surface area (Å²) < 4.78 is 15.6. The van der Waals surface area contributed by atoms with Gasteiger partial charge in [0.15, 0.2) is 5.65 Å². The van der Waals surface area contributed by atoms with Crippen molar-refractivity contribution in [2.24, 2.45) is 0 Å². The highest BCUT2D eigenvalue weighted by Crippen LogP contribution is 2.19. The highest BCUT2D eigenvalue weighted by molar-refractivity contribution is 6.30. The Morgan fingerprint density at radius 2 is 1.85 bits per heavy atom. The van der Waals surface area contributed by atoms with E-state index >= 15 is 0 Å². The lowest BCUT2D eigenvalue weighted by Crippen LogP contribution is -2.49. The van der Waals surface area contributed by atoms with E-state index in [0.717, 1.165) is 5.65 Å². The number of pyridine rings is 1. The van der Waals surface area contributed by atoms with Crippen LogP contribution in [0.1, 0.15) is 5.56 Å². The van der Waals surface area contributed by atoms with Gasteiger partial charge in [0.05, 0.1) is 11.4 Å². The van der Waals surface area contributed by atoms with Crippen LogP contribution in [-0.2, 0) is 11.2 Å². The van der Waals surface area contributed by atoms with Crippen molar-refractivity contribution in [3.8, 4) is 0 Å². The highest BCUT2D eigenvalue weighted by atomic mass is 35.5. The molecule has 3 heterocycles. The van der Waals surface area contributed by atoms with Crippen molar-refractivity contribution in [1.29, 1.82) is 0 Å². The second-order valence-corrected chi connectivity index (χ2v) is 6.65. The first-order valence-corrected chi connectivity index (χ1v) is 8.76. The molecule has 0 atom stereocenters. The maximum absolute atomic E-state index is 13.7. The van der Waals surface area contributed by atoms with E-state index < -0.39 is 0 Å². The van der Waals surface area contributed by atoms with Gasteiger partial charge in [0.2, 0.25) is 11.9 Å². The number of halogens is 2. The Kier molecular flexibility index (Phi) is 4.46. The fourth-order valence-electron chi connectivity index (χ4n) is 3.14. The van der Waals surface area contributed by atoms with Crippen molar-refractivity contribution in [3.63, 3.8) is 0 Å². The molecule has 0 radical (unpaired) electrons. The van der Waals surface area contributed by atoms with Crippen LogP contribution in [0, 0.1) is 5.82 Å². The molecule has 2 aromatic heterocycles. The molecule has 26 heavy (non-hydrogen) atoms. The van der Waals surface area contributed by atoms with Crippen LogP contribution in [0.3, 0.4) is 0 Å². The Bertz CT molecular complexity index is 952. The van der Waals surface area contributed by atoms with Crippen molar-refractivity contribution < 1.29 is 9.18 Å². The number of hydrogen-bond acceptors (Lipinski definition) is 4. The third-order valence-corrected chi connectivity index (χ3v) is 4.79. The van der Waals surface area contributed by atoms with Gasteiger partial charge in [0.25, 0.3) is 0 Å². The van der Waals surface area contributed by atoms with Crippen LogP contribution < -0.4 is 4.90 Å². The molecule has 134 valence electrons. The molecule has 1 aliphatic rings. The van der Waals surface area contributed by atoms with Gasteiger partial charge in [-0.05, 0) is 23.8 Å². The molecule has 1 amide bonds. The monoisotopic (exact) mass is 373 g/mol. The molecule has 1 saturated heterocycles. The van der Waals surface area contributed by atoms with E-state index in [1.165, 1.54) is 6.07 Å². The van der Waals surface area contributed by atoms with Crippen LogP contribution >= 0.6 is 11.6 Å². The average molecular weight is 374 g/mol. The molecule has 3 aromatic rings. The summed E-state index contributed by atoms with van der Waals surface area (Å²) in [5.41, 5.74) is 1.15. The second-order valence-electron chi connectivity index (χ2n) is 6.21. The number of carbonyl (C=O) groups excluding carboxylic acids is 1. The maximum atomic E-state index is 13.7. The molecule has 1 aromatic carbocycles. The van der Waals surface area contributed by atoms with Crippen molar-refractivity contribution >= 4 is 29.1 Å². The summed E-state index contributed by atoms with van der Waals surface area (Å²) in [5.74, 6) is 0.305. The molecule has 6 nitrogen and oxygen atoms in total. The minimum absolute atomic E-state index is 0.0658. The zero-order valence-electron chi connectivity index (χ0n) is 14.0. The molecule has 1 fully saturated rings. The highest BCUT2D eigenvalue weighted by Gasteiger charge is 2.24. The van der Waals surface area contributed by atoms with Gasteiger partial charge < -0.3 is 9.80 Å². The number of piperazine rings is 1. The largest absolute Gasteiger partial charge is 0.339 e. The van der Waals surface area contributed by atoms with E-state index in [2.05, 4.69) is 15.1 Å². The first-order chi connectivity index (χ1) is 12.6. The smallest absolute Gasteiger partial charge is 0.231 e. The fourth-order valence-corrected chi connectivity index (χ4v) is 3.30. The molecule has 0 aliphatic carbocycles. The lowest BCUT2D eigenvalue weighted by Gasteiger charge is -2.34. The molecule has 0 bridgehead atoms. The number of hydrogen-bond donors (Lipinski definition) is 0. The zero-order chi connectivity index (χ0) is 18.1. The number of carbonyl (C=O) groups is 1. The van der Waals surface area contributed by atoms with Gasteiger partial charge in [0.1, 0.15) is 5.82 Å². The predicted molar refractivity (Wildman–Crippen MR) is 96.9 cm³/mol. The van der Waals surface area contributed by atoms with Gasteiger partial charge >= 0.3 is 0 Å². The fraction of sp³-hybridized carbons (Fsp3) is 0.278. The van der Waals surface area contributed by atoms with Crippen LogP contribution in [0.4, 0.5) is 10.3 Å². The minimum atomic E-state index is -0.341. The van der Waals surface area contributed by atoms with Crippen LogP contribution in [-0.4, -0.2) is 51.6 Å². The number of fused-ring (bicyclic) bond motifs is 1. The third-order valence-electron chi connectivity index (χ3n) is 4.56. The number of benzene rings is 1. The average Bonchev–Trinajstić information content (AvgIpc) is 3.06. The summed E-state index contributed by atoms with van der Waals surface area (Å²) >= 11 is 6.06. The first-order valence-electron chi connectivity index (χ1n) is 8.38. The summed E-state index contributed by atoms with van der Waals surface area (Å²) in [6.07, 6.45) is 1.86. The van der Waals surface area contributed by atoms with Crippen LogP contribution in [0.25, 0.3) is 5.65 Å². The van der Waals surface area contributed by atoms with E-state index in [-0.39, 0.29) is 18.1 Å². The summed E-state index contributed by atoms with van der Waals surface area (Å²) in [4.78, 5) is 16.3. The molecule has 0 unspecified atom stereocenters. The Morgan fingerprint density at radius 3 is 2.62 bits per heavy atom. The standard InChI is InChI=1S/C18H17ClFN5O/c19-14-5-6-16-21-22-18(25(16)12-14)24-9-7-23(8-10-24)17(26)11-13-3-1-2-4-15(13)20/h1-6,12H,7-11H2. The number of aromatic nitrogens is 3. The SMILES string of the molecule is O=C(Cc1ccccc1F)N1CCN(c2nnc3ccc(Cl)cn23)CC1. The van der Waals surface area contributed by atoms with Crippen LogP contribution in [0.2, 0.25) is 5.02 Å². The van der Waals surface area contributed by atoms with Gasteiger partial charge in [-0.15, -0.1) is 10.2 Å². The van der Waals surface area contributed by atoms with E-state index in [1.54, 1.807) is 35.4 Å². The van der Waals surface area contributed by atoms with Gasteiger partial charge in [0, 0.05) is 32.4 Å². The van der Waals surface area contributed by atoms with E-state index in [0.29, 0.717) is 42.7 Å².